The van der Waals surface area contributed by atoms with Crippen molar-refractivity contribution in [1.29, 1.82) is 0 Å². The van der Waals surface area contributed by atoms with Crippen LogP contribution < -0.4 is 4.90 Å². The van der Waals surface area contributed by atoms with Crippen molar-refractivity contribution < 1.29 is 0 Å². The lowest BCUT2D eigenvalue weighted by Gasteiger charge is -2.46. The molecule has 0 N–H and O–H groups in total. The highest BCUT2D eigenvalue weighted by molar-refractivity contribution is 5.97. The van der Waals surface area contributed by atoms with Gasteiger partial charge in [0.2, 0.25) is 0 Å². The van der Waals surface area contributed by atoms with E-state index in [0.717, 1.165) is 35.5 Å². The van der Waals surface area contributed by atoms with E-state index in [1.165, 1.54) is 119 Å². The lowest BCUT2D eigenvalue weighted by atomic mass is 9.57. The van der Waals surface area contributed by atoms with Crippen molar-refractivity contribution in [3.8, 4) is 33.4 Å². The molecule has 6 aromatic rings. The molecule has 6 fully saturated rings. The number of hydrogen-bond donors (Lipinski definition) is 0. The quantitative estimate of drug-likeness (QED) is 0.175. The Balaban J connectivity index is 1.04. The van der Waals surface area contributed by atoms with E-state index in [1.807, 2.05) is 0 Å². The third kappa shape index (κ3) is 3.72. The Morgan fingerprint density at radius 2 is 1.12 bits per heavy atom. The van der Waals surface area contributed by atoms with Crippen molar-refractivity contribution >= 4 is 17.1 Å². The summed E-state index contributed by atoms with van der Waals surface area (Å²) in [6, 6.07) is 50.9. The molecule has 6 aromatic carbocycles. The normalized spacial score (nSPS) is 30.0. The van der Waals surface area contributed by atoms with Crippen LogP contribution in [0.15, 0.2) is 127 Å². The average Bonchev–Trinajstić information content (AvgIpc) is 3.94. The van der Waals surface area contributed by atoms with E-state index >= 15 is 0 Å². The van der Waals surface area contributed by atoms with Crippen molar-refractivity contribution in [2.75, 3.05) is 4.90 Å². The molecular formula is C56H51N. The van der Waals surface area contributed by atoms with Crippen molar-refractivity contribution in [3.63, 3.8) is 0 Å². The standard InChI is InChI=1S/C56H51N/c1-54(2)44-15-6-3-12-38(44)41-31-36(22-24-45(41)54)57(37-23-25-47-42(32-37)39-13-4-7-16-46(39)55(47)26-9-10-27-55)51-19-11-18-49-53(51)40-14-5-8-17-48(40)56(49)35-21-20-33-30-50(56)43-29-34(28-35)52(33)43/h3-8,11-19,22-25,31-35,43,50,52H,9-10,20-21,26-30H2,1-2H3. The lowest BCUT2D eigenvalue weighted by Crippen LogP contribution is -2.43. The van der Waals surface area contributed by atoms with Gasteiger partial charge in [-0.05, 0) is 172 Å². The fourth-order valence-corrected chi connectivity index (χ4v) is 16.1. The first kappa shape index (κ1) is 32.1. The predicted molar refractivity (Wildman–Crippen MR) is 234 cm³/mol. The van der Waals surface area contributed by atoms with Crippen molar-refractivity contribution in [1.82, 2.24) is 0 Å². The molecule has 7 unspecified atom stereocenters. The maximum absolute atomic E-state index is 2.69. The minimum absolute atomic E-state index is 0.0279. The fraction of sp³-hybridized carbons (Fsp3) is 0.357. The zero-order valence-corrected chi connectivity index (χ0v) is 33.4. The fourth-order valence-electron chi connectivity index (χ4n) is 16.1. The maximum Gasteiger partial charge on any atom is 0.0543 e. The van der Waals surface area contributed by atoms with Gasteiger partial charge in [-0.25, -0.2) is 0 Å². The smallest absolute Gasteiger partial charge is 0.0543 e. The van der Waals surface area contributed by atoms with Gasteiger partial charge in [0.15, 0.2) is 0 Å². The van der Waals surface area contributed by atoms with Crippen LogP contribution in [0.3, 0.4) is 0 Å². The largest absolute Gasteiger partial charge is 0.310 e. The number of anilines is 3. The van der Waals surface area contributed by atoms with E-state index in [-0.39, 0.29) is 16.2 Å². The van der Waals surface area contributed by atoms with Crippen LogP contribution in [0.4, 0.5) is 17.1 Å². The molecular weight excluding hydrogens is 687 g/mol. The molecule has 9 aliphatic rings. The summed E-state index contributed by atoms with van der Waals surface area (Å²) < 4.78 is 0. The van der Waals surface area contributed by atoms with Crippen LogP contribution in [0, 0.1) is 35.5 Å². The Kier molecular flexibility index (Phi) is 6.08. The molecule has 7 atom stereocenters. The second-order valence-corrected chi connectivity index (χ2v) is 20.3. The Labute approximate surface area is 338 Å². The van der Waals surface area contributed by atoms with Gasteiger partial charge in [0, 0.05) is 33.2 Å². The molecule has 0 aromatic heterocycles. The molecule has 0 aliphatic heterocycles. The highest BCUT2D eigenvalue weighted by atomic mass is 15.1. The van der Waals surface area contributed by atoms with Crippen LogP contribution in [0.5, 0.6) is 0 Å². The molecule has 1 nitrogen and oxygen atoms in total. The van der Waals surface area contributed by atoms with E-state index in [4.69, 9.17) is 0 Å². The van der Waals surface area contributed by atoms with Crippen LogP contribution in [0.2, 0.25) is 0 Å². The summed E-state index contributed by atoms with van der Waals surface area (Å²) in [5.74, 6) is 5.32. The number of benzene rings is 6. The molecule has 1 heteroatoms. The first-order valence-corrected chi connectivity index (χ1v) is 22.5. The zero-order valence-electron chi connectivity index (χ0n) is 33.4. The summed E-state index contributed by atoms with van der Waals surface area (Å²) in [4.78, 5) is 2.69. The summed E-state index contributed by atoms with van der Waals surface area (Å²) in [5, 5.41) is 0. The molecule has 9 aliphatic carbocycles. The van der Waals surface area contributed by atoms with Gasteiger partial charge in [-0.15, -0.1) is 0 Å². The van der Waals surface area contributed by atoms with E-state index in [0.29, 0.717) is 0 Å². The average molecular weight is 738 g/mol. The van der Waals surface area contributed by atoms with Crippen LogP contribution in [-0.4, -0.2) is 0 Å². The summed E-state index contributed by atoms with van der Waals surface area (Å²) >= 11 is 0. The van der Waals surface area contributed by atoms with Gasteiger partial charge in [-0.1, -0.05) is 124 Å². The van der Waals surface area contributed by atoms with Gasteiger partial charge < -0.3 is 4.90 Å². The number of nitrogens with zero attached hydrogens (tertiary/aromatic N) is 1. The van der Waals surface area contributed by atoms with Gasteiger partial charge in [0.1, 0.15) is 0 Å². The predicted octanol–water partition coefficient (Wildman–Crippen LogP) is 14.3. The molecule has 0 saturated heterocycles. The second kappa shape index (κ2) is 10.8. The molecule has 280 valence electrons. The van der Waals surface area contributed by atoms with Crippen LogP contribution >= 0.6 is 0 Å². The zero-order chi connectivity index (χ0) is 37.4. The van der Waals surface area contributed by atoms with E-state index in [2.05, 4.69) is 146 Å². The van der Waals surface area contributed by atoms with Crippen LogP contribution in [0.1, 0.15) is 105 Å². The number of hydrogen-bond acceptors (Lipinski definition) is 1. The number of fused-ring (bicyclic) bond motifs is 12. The van der Waals surface area contributed by atoms with Crippen molar-refractivity contribution in [2.45, 2.75) is 87.9 Å². The molecule has 0 amide bonds. The minimum atomic E-state index is -0.0279. The molecule has 15 rings (SSSR count). The Morgan fingerprint density at radius 1 is 0.509 bits per heavy atom. The molecule has 57 heavy (non-hydrogen) atoms. The number of rotatable bonds is 3. The van der Waals surface area contributed by atoms with Crippen LogP contribution in [-0.2, 0) is 16.2 Å². The second-order valence-electron chi connectivity index (χ2n) is 20.3. The van der Waals surface area contributed by atoms with Gasteiger partial charge in [0.25, 0.3) is 0 Å². The summed E-state index contributed by atoms with van der Waals surface area (Å²) in [6.07, 6.45) is 12.4. The molecule has 6 saturated carbocycles. The molecule has 5 bridgehead atoms. The summed E-state index contributed by atoms with van der Waals surface area (Å²) in [6.45, 7) is 4.81. The Bertz CT molecular complexity index is 2720. The van der Waals surface area contributed by atoms with Gasteiger partial charge in [0.05, 0.1) is 5.69 Å². The monoisotopic (exact) mass is 737 g/mol. The topological polar surface area (TPSA) is 3.24 Å². The first-order chi connectivity index (χ1) is 28.0. The van der Waals surface area contributed by atoms with Crippen molar-refractivity contribution in [3.05, 3.63) is 161 Å². The van der Waals surface area contributed by atoms with Gasteiger partial charge >= 0.3 is 0 Å². The lowest BCUT2D eigenvalue weighted by molar-refractivity contribution is 0.0568. The Morgan fingerprint density at radius 3 is 1.91 bits per heavy atom. The molecule has 2 spiro atoms. The Hall–Kier alpha value is -4.88. The third-order valence-electron chi connectivity index (χ3n) is 18.1. The summed E-state index contributed by atoms with van der Waals surface area (Å²) in [5.41, 5.74) is 22.1. The van der Waals surface area contributed by atoms with E-state index < -0.39 is 0 Å². The molecule has 0 radical (unpaired) electrons. The summed E-state index contributed by atoms with van der Waals surface area (Å²) in [7, 11) is 0. The van der Waals surface area contributed by atoms with Crippen LogP contribution in [0.25, 0.3) is 33.4 Å². The minimum Gasteiger partial charge on any atom is -0.310 e. The van der Waals surface area contributed by atoms with E-state index in [1.54, 1.807) is 22.3 Å². The molecule has 0 heterocycles. The highest BCUT2D eigenvalue weighted by Gasteiger charge is 2.69. The van der Waals surface area contributed by atoms with Gasteiger partial charge in [-0.3, -0.25) is 0 Å². The third-order valence-corrected chi connectivity index (χ3v) is 18.1. The maximum atomic E-state index is 2.69. The highest BCUT2D eigenvalue weighted by Crippen LogP contribution is 2.76. The first-order valence-electron chi connectivity index (χ1n) is 22.5. The van der Waals surface area contributed by atoms with Crippen molar-refractivity contribution in [2.24, 2.45) is 35.5 Å². The SMILES string of the molecule is CC1(C)c2ccccc2-c2cc(N(c3ccc4c(c3)-c3ccccc3C43CCCC3)c3cccc4c3-c3ccccc3C43C4CCC5CC3C3CC(C4)C53)ccc21. The van der Waals surface area contributed by atoms with Gasteiger partial charge in [-0.2, -0.15) is 0 Å². The van der Waals surface area contributed by atoms with E-state index in [9.17, 15) is 0 Å².